The Balaban J connectivity index is 1.52. The van der Waals surface area contributed by atoms with Crippen LogP contribution in [0.1, 0.15) is 43.7 Å². The van der Waals surface area contributed by atoms with Gasteiger partial charge in [0.1, 0.15) is 0 Å². The monoisotopic (exact) mass is 463 g/mol. The maximum Gasteiger partial charge on any atom is 0.417 e. The van der Waals surface area contributed by atoms with Gasteiger partial charge in [0.05, 0.1) is 23.1 Å². The minimum Gasteiger partial charge on any atom is -0.371 e. The summed E-state index contributed by atoms with van der Waals surface area (Å²) in [5.74, 6) is -0.370. The van der Waals surface area contributed by atoms with E-state index >= 15 is 0 Å². The zero-order valence-electron chi connectivity index (χ0n) is 18.5. The highest BCUT2D eigenvalue weighted by atomic mass is 19.4. The molecule has 0 radical (unpaired) electrons. The summed E-state index contributed by atoms with van der Waals surface area (Å²) in [6.07, 6.45) is -1.48. The van der Waals surface area contributed by atoms with Gasteiger partial charge in [0, 0.05) is 49.9 Å². The zero-order chi connectivity index (χ0) is 23.8. The molecule has 3 aliphatic rings. The molecule has 10 heteroatoms. The number of alkyl halides is 3. The van der Waals surface area contributed by atoms with Crippen LogP contribution in [0.3, 0.4) is 0 Å². The second-order valence-corrected chi connectivity index (χ2v) is 9.24. The Kier molecular flexibility index (Phi) is 6.16. The number of amides is 3. The van der Waals surface area contributed by atoms with E-state index in [9.17, 15) is 22.8 Å². The molecule has 1 atom stereocenters. The first-order chi connectivity index (χ1) is 15.7. The van der Waals surface area contributed by atoms with Crippen LogP contribution in [0.2, 0.25) is 0 Å². The van der Waals surface area contributed by atoms with E-state index in [0.29, 0.717) is 51.3 Å². The van der Waals surface area contributed by atoms with Gasteiger partial charge in [-0.25, -0.2) is 4.79 Å². The van der Waals surface area contributed by atoms with E-state index in [1.165, 1.54) is 6.07 Å². The minimum absolute atomic E-state index is 0.0320. The van der Waals surface area contributed by atoms with Crippen molar-refractivity contribution in [3.8, 4) is 6.07 Å². The summed E-state index contributed by atoms with van der Waals surface area (Å²) in [5.41, 5.74) is -1.33. The molecule has 1 saturated carbocycles. The molecule has 2 N–H and O–H groups in total. The first-order valence-corrected chi connectivity index (χ1v) is 11.4. The molecule has 0 aromatic heterocycles. The smallest absolute Gasteiger partial charge is 0.371 e. The minimum atomic E-state index is -4.61. The molecule has 0 bridgehead atoms. The second-order valence-electron chi connectivity index (χ2n) is 9.24. The molecule has 3 fully saturated rings. The number of likely N-dealkylation sites (tertiary alicyclic amines) is 1. The van der Waals surface area contributed by atoms with Gasteiger partial charge in [-0.1, -0.05) is 0 Å². The van der Waals surface area contributed by atoms with Crippen LogP contribution in [0.25, 0.3) is 0 Å². The Morgan fingerprint density at radius 1 is 1.24 bits per heavy atom. The Morgan fingerprint density at radius 2 is 1.94 bits per heavy atom. The summed E-state index contributed by atoms with van der Waals surface area (Å²) in [6.45, 7) is 4.08. The van der Waals surface area contributed by atoms with E-state index in [2.05, 4.69) is 10.6 Å². The average Bonchev–Trinajstić information content (AvgIpc) is 3.52. The number of halogens is 3. The third kappa shape index (κ3) is 4.72. The van der Waals surface area contributed by atoms with E-state index in [1.54, 1.807) is 17.0 Å². The number of benzene rings is 1. The Hall–Kier alpha value is -2.96. The van der Waals surface area contributed by atoms with Crippen LogP contribution in [0, 0.1) is 22.7 Å². The van der Waals surface area contributed by atoms with Gasteiger partial charge in [-0.2, -0.15) is 18.4 Å². The normalized spacial score (nSPS) is 22.2. The lowest BCUT2D eigenvalue weighted by atomic mass is 9.70. The number of carbonyl (C=O) groups excluding carboxylic acids is 2. The molecule has 33 heavy (non-hydrogen) atoms. The maximum atomic E-state index is 13.4. The van der Waals surface area contributed by atoms with E-state index < -0.39 is 22.7 Å². The highest BCUT2D eigenvalue weighted by molar-refractivity contribution is 5.83. The molecule has 2 heterocycles. The molecule has 1 aromatic carbocycles. The number of piperidine rings is 1. The summed E-state index contributed by atoms with van der Waals surface area (Å²) in [6, 6.07) is 5.41. The van der Waals surface area contributed by atoms with Crippen molar-refractivity contribution in [2.75, 3.05) is 37.6 Å². The van der Waals surface area contributed by atoms with Crippen LogP contribution in [-0.4, -0.2) is 55.6 Å². The topological polar surface area (TPSA) is 88.5 Å². The molecule has 4 rings (SSSR count). The van der Waals surface area contributed by atoms with Crippen LogP contribution in [0.4, 0.5) is 23.7 Å². The largest absolute Gasteiger partial charge is 0.417 e. The van der Waals surface area contributed by atoms with Gasteiger partial charge in [-0.15, -0.1) is 0 Å². The molecule has 1 spiro atoms. The summed E-state index contributed by atoms with van der Waals surface area (Å²) in [7, 11) is 0. The number of nitrogens with one attached hydrogen (secondary N) is 2. The Bertz CT molecular complexity index is 962. The summed E-state index contributed by atoms with van der Waals surface area (Å²) >= 11 is 0. The molecule has 178 valence electrons. The van der Waals surface area contributed by atoms with E-state index in [1.807, 2.05) is 11.8 Å². The number of urea groups is 1. The molecule has 1 unspecified atom stereocenters. The van der Waals surface area contributed by atoms with Gasteiger partial charge in [0.25, 0.3) is 0 Å². The molecule has 7 nitrogen and oxygen atoms in total. The van der Waals surface area contributed by atoms with E-state index in [-0.39, 0.29) is 23.9 Å². The van der Waals surface area contributed by atoms with Crippen molar-refractivity contribution in [3.05, 3.63) is 29.3 Å². The lowest BCUT2D eigenvalue weighted by Crippen LogP contribution is -2.49. The van der Waals surface area contributed by atoms with Crippen molar-refractivity contribution in [3.63, 3.8) is 0 Å². The number of carbonyl (C=O) groups is 2. The van der Waals surface area contributed by atoms with Gasteiger partial charge in [-0.3, -0.25) is 4.79 Å². The molecule has 2 saturated heterocycles. The van der Waals surface area contributed by atoms with Crippen LogP contribution in [-0.2, 0) is 11.0 Å². The number of hydrogen-bond acceptors (Lipinski definition) is 4. The highest BCUT2D eigenvalue weighted by Crippen LogP contribution is 2.46. The number of nitrogens with zero attached hydrogens (tertiary/aromatic N) is 3. The van der Waals surface area contributed by atoms with E-state index in [4.69, 9.17) is 5.26 Å². The second kappa shape index (κ2) is 8.76. The first kappa shape index (κ1) is 23.2. The van der Waals surface area contributed by atoms with Crippen LogP contribution < -0.4 is 15.5 Å². The van der Waals surface area contributed by atoms with Crippen molar-refractivity contribution in [2.45, 2.75) is 44.8 Å². The highest BCUT2D eigenvalue weighted by Gasteiger charge is 2.53. The van der Waals surface area contributed by atoms with Crippen molar-refractivity contribution in [1.82, 2.24) is 15.5 Å². The SMILES string of the molecule is CCNC(=O)N1CC(C(=O)NC2CC2)C2(CCN(c3ccc(C#N)c(C(F)(F)F)c3)CC2)C1. The third-order valence-corrected chi connectivity index (χ3v) is 7.06. The lowest BCUT2D eigenvalue weighted by Gasteiger charge is -2.43. The van der Waals surface area contributed by atoms with Gasteiger partial charge >= 0.3 is 12.2 Å². The summed E-state index contributed by atoms with van der Waals surface area (Å²) in [4.78, 5) is 29.1. The van der Waals surface area contributed by atoms with Crippen LogP contribution >= 0.6 is 0 Å². The fourth-order valence-corrected chi connectivity index (χ4v) is 5.05. The standard InChI is InChI=1S/C23H28F3N5O2/c1-2-28-21(33)31-13-19(20(32)29-16-4-5-16)22(14-31)7-9-30(10-8-22)17-6-3-15(12-27)18(11-17)23(24,25)26/h3,6,11,16,19H,2,4-5,7-10,13-14H2,1H3,(H,28,33)(H,29,32). The number of rotatable bonds is 4. The van der Waals surface area contributed by atoms with Crippen molar-refractivity contribution in [1.29, 1.82) is 5.26 Å². The van der Waals surface area contributed by atoms with Gasteiger partial charge in [-0.05, 0) is 50.8 Å². The first-order valence-electron chi connectivity index (χ1n) is 11.4. The number of anilines is 1. The molecule has 1 aliphatic carbocycles. The van der Waals surface area contributed by atoms with Crippen molar-refractivity contribution in [2.24, 2.45) is 11.3 Å². The van der Waals surface area contributed by atoms with Gasteiger partial charge in [0.2, 0.25) is 5.91 Å². The molecular formula is C23H28F3N5O2. The predicted octanol–water partition coefficient (Wildman–Crippen LogP) is 3.10. The van der Waals surface area contributed by atoms with Crippen molar-refractivity contribution >= 4 is 17.6 Å². The van der Waals surface area contributed by atoms with Gasteiger partial charge < -0.3 is 20.4 Å². The van der Waals surface area contributed by atoms with Crippen molar-refractivity contribution < 1.29 is 22.8 Å². The summed E-state index contributed by atoms with van der Waals surface area (Å²) < 4.78 is 40.2. The lowest BCUT2D eigenvalue weighted by molar-refractivity contribution is -0.137. The number of nitriles is 1. The molecule has 3 amide bonds. The molecule has 2 aliphatic heterocycles. The molecule has 1 aromatic rings. The van der Waals surface area contributed by atoms with Crippen LogP contribution in [0.5, 0.6) is 0 Å². The number of hydrogen-bond donors (Lipinski definition) is 2. The van der Waals surface area contributed by atoms with Crippen LogP contribution in [0.15, 0.2) is 18.2 Å². The fraction of sp³-hybridized carbons (Fsp3) is 0.609. The van der Waals surface area contributed by atoms with Gasteiger partial charge in [0.15, 0.2) is 0 Å². The summed E-state index contributed by atoms with van der Waals surface area (Å²) in [5, 5.41) is 14.9. The quantitative estimate of drug-likeness (QED) is 0.718. The fourth-order valence-electron chi connectivity index (χ4n) is 5.05. The average molecular weight is 464 g/mol. The predicted molar refractivity (Wildman–Crippen MR) is 115 cm³/mol. The Labute approximate surface area is 190 Å². The third-order valence-electron chi connectivity index (χ3n) is 7.06. The van der Waals surface area contributed by atoms with E-state index in [0.717, 1.165) is 18.9 Å². The Morgan fingerprint density at radius 3 is 2.52 bits per heavy atom. The zero-order valence-corrected chi connectivity index (χ0v) is 18.5. The molecular weight excluding hydrogens is 435 g/mol. The maximum absolute atomic E-state index is 13.4.